The van der Waals surface area contributed by atoms with E-state index in [1.54, 1.807) is 0 Å². The van der Waals surface area contributed by atoms with Gasteiger partial charge in [0, 0.05) is 23.3 Å². The molecule has 3 aliphatic heterocycles. The van der Waals surface area contributed by atoms with E-state index in [1.807, 2.05) is 13.8 Å². The van der Waals surface area contributed by atoms with Gasteiger partial charge in [0.25, 0.3) is 0 Å². The molecular weight excluding hydrogens is 660 g/mol. The second-order valence-corrected chi connectivity index (χ2v) is 16.6. The van der Waals surface area contributed by atoms with Gasteiger partial charge in [-0.1, -0.05) is 13.8 Å². The van der Waals surface area contributed by atoms with Gasteiger partial charge >= 0.3 is 5.97 Å². The summed E-state index contributed by atoms with van der Waals surface area (Å²) >= 11 is 0. The highest BCUT2D eigenvalue weighted by Gasteiger charge is 2.72. The minimum atomic E-state index is -1.68. The zero-order valence-electron chi connectivity index (χ0n) is 28.8. The van der Waals surface area contributed by atoms with Crippen molar-refractivity contribution in [2.45, 2.75) is 157 Å². The van der Waals surface area contributed by atoms with Crippen molar-refractivity contribution in [3.63, 3.8) is 0 Å². The van der Waals surface area contributed by atoms with Crippen molar-refractivity contribution >= 4 is 5.97 Å². The molecule has 19 atom stereocenters. The van der Waals surface area contributed by atoms with E-state index in [0.717, 1.165) is 5.57 Å². The van der Waals surface area contributed by atoms with Crippen LogP contribution in [0, 0.1) is 28.6 Å². The molecule has 6 fully saturated rings. The molecule has 2 saturated heterocycles. The Labute approximate surface area is 290 Å². The predicted molar refractivity (Wildman–Crippen MR) is 168 cm³/mol. The molecular formula is C35H54O15. The normalized spacial score (nSPS) is 56.6. The number of aliphatic hydroxyl groups excluding tert-OH is 7. The first-order valence-corrected chi connectivity index (χ1v) is 18.1. The van der Waals surface area contributed by atoms with Crippen LogP contribution >= 0.6 is 0 Å². The van der Waals surface area contributed by atoms with Crippen molar-refractivity contribution in [2.75, 3.05) is 13.2 Å². The highest BCUT2D eigenvalue weighted by atomic mass is 16.7. The fraction of sp³-hybridized carbons (Fsp3) is 0.914. The molecule has 7 aliphatic rings. The standard InChI is InChI=1S/C35H54O15/c1-15-24(39)25(40)27(42)30(47-15)50-29-21(13-36)49-31(28(43)26(29)41)48-17-4-7-32(2)23-19(5-8-34(32,44)11-17)35(45)9-6-18(16-10-22(38)46-14-16)33(35,3)12-20(23)37/h10,15,17-21,23-31,36-37,39-45H,4-9,11-14H2,1-3H3/t15-,17+,18+,19+,20-,21-,23-,24-,25+,26-,27-,28-,29-,30+,31-,32-,33+,34-,35-/m0/s1. The van der Waals surface area contributed by atoms with E-state index in [2.05, 4.69) is 0 Å². The minimum absolute atomic E-state index is 0.0966. The Hall–Kier alpha value is -1.31. The molecule has 9 N–H and O–H groups in total. The molecule has 0 aromatic carbocycles. The number of rotatable bonds is 6. The summed E-state index contributed by atoms with van der Waals surface area (Å²) in [7, 11) is 0. The number of hydrogen-bond donors (Lipinski definition) is 9. The van der Waals surface area contributed by atoms with Crippen molar-refractivity contribution in [1.82, 2.24) is 0 Å². The molecule has 50 heavy (non-hydrogen) atoms. The molecule has 0 unspecified atom stereocenters. The fourth-order valence-corrected chi connectivity index (χ4v) is 11.4. The predicted octanol–water partition coefficient (Wildman–Crippen LogP) is -1.63. The van der Waals surface area contributed by atoms with E-state index in [0.29, 0.717) is 44.9 Å². The molecule has 0 bridgehead atoms. The third-order valence-corrected chi connectivity index (χ3v) is 14.3. The average molecular weight is 715 g/mol. The van der Waals surface area contributed by atoms with Crippen LogP contribution in [0.3, 0.4) is 0 Å². The maximum absolute atomic E-state index is 12.5. The smallest absolute Gasteiger partial charge is 0.331 e. The van der Waals surface area contributed by atoms with Crippen LogP contribution in [-0.2, 0) is 28.5 Å². The molecule has 4 aliphatic carbocycles. The molecule has 0 aromatic rings. The Morgan fingerprint density at radius 2 is 1.52 bits per heavy atom. The van der Waals surface area contributed by atoms with E-state index in [1.165, 1.54) is 13.0 Å². The number of carbonyl (C=O) groups is 1. The Bertz CT molecular complexity index is 1330. The number of carbonyl (C=O) groups excluding carboxylic acids is 1. The summed E-state index contributed by atoms with van der Waals surface area (Å²) in [5.74, 6) is -1.15. The molecule has 0 spiro atoms. The first-order valence-electron chi connectivity index (χ1n) is 18.1. The van der Waals surface area contributed by atoms with Gasteiger partial charge < -0.3 is 69.6 Å². The summed E-state index contributed by atoms with van der Waals surface area (Å²) in [6.45, 7) is 5.00. The second kappa shape index (κ2) is 12.9. The number of esters is 1. The molecule has 0 amide bonds. The molecule has 15 nitrogen and oxygen atoms in total. The van der Waals surface area contributed by atoms with Crippen LogP contribution in [0.5, 0.6) is 0 Å². The summed E-state index contributed by atoms with van der Waals surface area (Å²) < 4.78 is 28.4. The number of fused-ring (bicyclic) bond motifs is 5. The maximum Gasteiger partial charge on any atom is 0.331 e. The lowest BCUT2D eigenvalue weighted by molar-refractivity contribution is -0.364. The summed E-state index contributed by atoms with van der Waals surface area (Å²) in [6.07, 6.45) is -11.0. The van der Waals surface area contributed by atoms with E-state index in [9.17, 15) is 50.8 Å². The number of hydrogen-bond acceptors (Lipinski definition) is 15. The summed E-state index contributed by atoms with van der Waals surface area (Å²) in [4.78, 5) is 11.9. The Morgan fingerprint density at radius 1 is 0.820 bits per heavy atom. The van der Waals surface area contributed by atoms with Crippen LogP contribution in [-0.4, -0.2) is 150 Å². The fourth-order valence-electron chi connectivity index (χ4n) is 11.4. The zero-order valence-corrected chi connectivity index (χ0v) is 28.8. The average Bonchev–Trinajstić information content (AvgIpc) is 3.61. The van der Waals surface area contributed by atoms with Crippen molar-refractivity contribution < 1.29 is 74.4 Å². The van der Waals surface area contributed by atoms with E-state index in [4.69, 9.17) is 23.7 Å². The van der Waals surface area contributed by atoms with Crippen molar-refractivity contribution in [3.05, 3.63) is 11.6 Å². The second-order valence-electron chi connectivity index (χ2n) is 16.6. The zero-order chi connectivity index (χ0) is 36.1. The Morgan fingerprint density at radius 3 is 2.20 bits per heavy atom. The summed E-state index contributed by atoms with van der Waals surface area (Å²) in [5, 5.41) is 99.6. The van der Waals surface area contributed by atoms with Crippen molar-refractivity contribution in [1.29, 1.82) is 0 Å². The maximum atomic E-state index is 12.5. The number of ether oxygens (including phenoxy) is 5. The summed E-state index contributed by atoms with van der Waals surface area (Å²) in [6, 6.07) is 0. The molecule has 0 radical (unpaired) electrons. The molecule has 284 valence electrons. The Balaban J connectivity index is 1.03. The lowest BCUT2D eigenvalue weighted by Crippen LogP contribution is -2.71. The van der Waals surface area contributed by atoms with Gasteiger partial charge in [0.15, 0.2) is 12.6 Å². The van der Waals surface area contributed by atoms with Gasteiger partial charge in [-0.15, -0.1) is 0 Å². The molecule has 15 heteroatoms. The van der Waals surface area contributed by atoms with E-state index >= 15 is 0 Å². The quantitative estimate of drug-likeness (QED) is 0.111. The van der Waals surface area contributed by atoms with Crippen LogP contribution in [0.25, 0.3) is 0 Å². The van der Waals surface area contributed by atoms with E-state index < -0.39 is 108 Å². The van der Waals surface area contributed by atoms with Crippen LogP contribution < -0.4 is 0 Å². The number of aliphatic hydroxyl groups is 9. The molecule has 7 rings (SSSR count). The van der Waals surface area contributed by atoms with Gasteiger partial charge in [0.2, 0.25) is 0 Å². The molecule has 3 heterocycles. The van der Waals surface area contributed by atoms with Gasteiger partial charge in [0.05, 0.1) is 36.1 Å². The van der Waals surface area contributed by atoms with Gasteiger partial charge in [-0.05, 0) is 75.2 Å². The topological polar surface area (TPSA) is 245 Å². The van der Waals surface area contributed by atoms with Crippen LogP contribution in [0.1, 0.15) is 72.1 Å². The SMILES string of the molecule is C[C@@H]1O[C@H](O[C@@H]2[C@@H](O)[C@H](O)[C@@H](O[C@@H]3CC[C@@]4(C)[C@H]5[C@@H](CC[C@]4(O)C3)[C@@]3(O)CC[C@H](C4=CC(=O)OC4)[C@@]3(C)C[C@@H]5O)O[C@H]2CO)[C@@H](O)[C@H](O)[C@H]1O. The Kier molecular flexibility index (Phi) is 9.57. The van der Waals surface area contributed by atoms with Gasteiger partial charge in [0.1, 0.15) is 49.3 Å². The van der Waals surface area contributed by atoms with Crippen LogP contribution in [0.2, 0.25) is 0 Å². The first kappa shape index (κ1) is 37.0. The highest BCUT2D eigenvalue weighted by Crippen LogP contribution is 2.70. The highest BCUT2D eigenvalue weighted by molar-refractivity contribution is 5.85. The van der Waals surface area contributed by atoms with Crippen molar-refractivity contribution in [2.24, 2.45) is 28.6 Å². The lowest BCUT2D eigenvalue weighted by Gasteiger charge is -2.67. The van der Waals surface area contributed by atoms with Gasteiger partial charge in [-0.25, -0.2) is 4.79 Å². The summed E-state index contributed by atoms with van der Waals surface area (Å²) in [5.41, 5.74) is -2.97. The van der Waals surface area contributed by atoms with E-state index in [-0.39, 0.29) is 30.8 Å². The molecule has 4 saturated carbocycles. The lowest BCUT2D eigenvalue weighted by atomic mass is 9.41. The third kappa shape index (κ3) is 5.45. The van der Waals surface area contributed by atoms with Crippen LogP contribution in [0.4, 0.5) is 0 Å². The number of cyclic esters (lactones) is 1. The monoisotopic (exact) mass is 714 g/mol. The van der Waals surface area contributed by atoms with Crippen LogP contribution in [0.15, 0.2) is 11.6 Å². The minimum Gasteiger partial charge on any atom is -0.458 e. The van der Waals surface area contributed by atoms with Gasteiger partial charge in [-0.3, -0.25) is 0 Å². The third-order valence-electron chi connectivity index (χ3n) is 14.3. The molecule has 0 aromatic heterocycles. The van der Waals surface area contributed by atoms with Gasteiger partial charge in [-0.2, -0.15) is 0 Å². The van der Waals surface area contributed by atoms with Crippen molar-refractivity contribution in [3.8, 4) is 0 Å². The first-order chi connectivity index (χ1) is 23.5. The largest absolute Gasteiger partial charge is 0.458 e.